The molecule has 9 heteroatoms. The molecule has 0 aliphatic heterocycles. The highest BCUT2D eigenvalue weighted by Crippen LogP contribution is 2.36. The molecule has 4 N–H and O–H groups in total. The Balaban J connectivity index is 1.69. The summed E-state index contributed by atoms with van der Waals surface area (Å²) in [7, 11) is 1.54. The summed E-state index contributed by atoms with van der Waals surface area (Å²) in [4.78, 5) is 12.3. The summed E-state index contributed by atoms with van der Waals surface area (Å²) in [6, 6.07) is 9.61. The molecule has 0 spiro atoms. The van der Waals surface area contributed by atoms with E-state index in [-0.39, 0.29) is 18.0 Å². The van der Waals surface area contributed by atoms with Gasteiger partial charge in [0, 0.05) is 11.6 Å². The molecular formula is C20H21F3N2O4. The number of nitrogens with one attached hydrogen (secondary N) is 2. The second-order valence-corrected chi connectivity index (χ2v) is 6.87. The van der Waals surface area contributed by atoms with Crippen molar-refractivity contribution < 1.29 is 32.9 Å². The molecule has 0 aromatic heterocycles. The number of methoxy groups -OCH3 is 1. The maximum atomic E-state index is 12.6. The van der Waals surface area contributed by atoms with Gasteiger partial charge in [-0.25, -0.2) is 4.79 Å². The summed E-state index contributed by atoms with van der Waals surface area (Å²) in [5.41, 5.74) is 0.156. The number of aliphatic hydroxyl groups is 2. The number of aliphatic hydroxyl groups excluding tert-OH is 2. The molecule has 1 fully saturated rings. The Morgan fingerprint density at radius 1 is 1.07 bits per heavy atom. The van der Waals surface area contributed by atoms with Crippen molar-refractivity contribution in [1.29, 1.82) is 0 Å². The Kier molecular flexibility index (Phi) is 5.99. The molecule has 1 aliphatic rings. The monoisotopic (exact) mass is 410 g/mol. The minimum Gasteiger partial charge on any atom is -0.497 e. The third kappa shape index (κ3) is 4.80. The van der Waals surface area contributed by atoms with E-state index in [4.69, 9.17) is 4.74 Å². The maximum absolute atomic E-state index is 12.6. The van der Waals surface area contributed by atoms with Gasteiger partial charge < -0.3 is 25.6 Å². The van der Waals surface area contributed by atoms with Crippen LogP contribution in [0.1, 0.15) is 23.5 Å². The first kappa shape index (κ1) is 20.9. The van der Waals surface area contributed by atoms with Gasteiger partial charge in [-0.15, -0.1) is 0 Å². The van der Waals surface area contributed by atoms with Crippen molar-refractivity contribution in [2.75, 3.05) is 12.4 Å². The molecule has 0 saturated heterocycles. The number of hydrogen-bond acceptors (Lipinski definition) is 4. The summed E-state index contributed by atoms with van der Waals surface area (Å²) in [5.74, 6) is 0.307. The van der Waals surface area contributed by atoms with Crippen LogP contribution >= 0.6 is 0 Å². The van der Waals surface area contributed by atoms with Crippen molar-refractivity contribution in [3.05, 3.63) is 59.7 Å². The molecule has 0 bridgehead atoms. The zero-order valence-corrected chi connectivity index (χ0v) is 15.5. The van der Waals surface area contributed by atoms with Crippen molar-refractivity contribution in [1.82, 2.24) is 5.32 Å². The number of ether oxygens (including phenoxy) is 1. The lowest BCUT2D eigenvalue weighted by molar-refractivity contribution is -0.137. The van der Waals surface area contributed by atoms with Crippen LogP contribution in [0.4, 0.5) is 23.7 Å². The largest absolute Gasteiger partial charge is 0.497 e. The van der Waals surface area contributed by atoms with E-state index < -0.39 is 36.0 Å². The molecular weight excluding hydrogens is 389 g/mol. The lowest BCUT2D eigenvalue weighted by Gasteiger charge is -2.24. The van der Waals surface area contributed by atoms with E-state index in [9.17, 15) is 28.2 Å². The lowest BCUT2D eigenvalue weighted by atomic mass is 9.93. The first-order valence-electron chi connectivity index (χ1n) is 8.94. The number of urea groups is 1. The lowest BCUT2D eigenvalue weighted by Crippen LogP contribution is -2.46. The molecule has 2 aromatic carbocycles. The van der Waals surface area contributed by atoms with Crippen molar-refractivity contribution in [3.8, 4) is 5.75 Å². The number of rotatable bonds is 4. The van der Waals surface area contributed by atoms with Gasteiger partial charge in [0.05, 0.1) is 24.8 Å². The summed E-state index contributed by atoms with van der Waals surface area (Å²) in [6.45, 7) is 0. The van der Waals surface area contributed by atoms with Gasteiger partial charge in [-0.05, 0) is 48.4 Å². The van der Waals surface area contributed by atoms with Gasteiger partial charge in [0.1, 0.15) is 11.9 Å². The predicted octanol–water partition coefficient (Wildman–Crippen LogP) is 3.11. The summed E-state index contributed by atoms with van der Waals surface area (Å²) in [6.07, 6.45) is -6.41. The normalized spacial score (nSPS) is 24.2. The van der Waals surface area contributed by atoms with Crippen LogP contribution in [0.25, 0.3) is 0 Å². The smallest absolute Gasteiger partial charge is 0.416 e. The van der Waals surface area contributed by atoms with Crippen LogP contribution in [0.5, 0.6) is 5.75 Å². The number of alkyl halides is 3. The van der Waals surface area contributed by atoms with E-state index in [0.29, 0.717) is 5.75 Å². The Bertz CT molecular complexity index is 840. The fourth-order valence-electron chi connectivity index (χ4n) is 3.47. The Hall–Kier alpha value is -2.78. The molecule has 29 heavy (non-hydrogen) atoms. The van der Waals surface area contributed by atoms with Gasteiger partial charge in [0.15, 0.2) is 0 Å². The highest BCUT2D eigenvalue weighted by molar-refractivity contribution is 5.89. The van der Waals surface area contributed by atoms with Crippen LogP contribution in [-0.4, -0.2) is 41.6 Å². The third-order valence-corrected chi connectivity index (χ3v) is 5.00. The van der Waals surface area contributed by atoms with Crippen LogP contribution in [0, 0.1) is 0 Å². The quantitative estimate of drug-likeness (QED) is 0.624. The fraction of sp³-hybridized carbons (Fsp3) is 0.350. The van der Waals surface area contributed by atoms with E-state index >= 15 is 0 Å². The number of benzene rings is 2. The first-order chi connectivity index (χ1) is 13.7. The Morgan fingerprint density at radius 2 is 1.69 bits per heavy atom. The van der Waals surface area contributed by atoms with Crippen LogP contribution in [0.15, 0.2) is 48.5 Å². The van der Waals surface area contributed by atoms with Crippen molar-refractivity contribution >= 4 is 11.7 Å². The first-order valence-corrected chi connectivity index (χ1v) is 8.94. The molecule has 0 heterocycles. The Labute approximate surface area is 165 Å². The Morgan fingerprint density at radius 3 is 2.24 bits per heavy atom. The number of carbonyl (C=O) groups excluding carboxylic acids is 1. The number of halogens is 3. The third-order valence-electron chi connectivity index (χ3n) is 5.00. The van der Waals surface area contributed by atoms with Crippen LogP contribution in [-0.2, 0) is 6.18 Å². The zero-order valence-electron chi connectivity index (χ0n) is 15.5. The van der Waals surface area contributed by atoms with Crippen molar-refractivity contribution in [2.45, 2.75) is 36.8 Å². The van der Waals surface area contributed by atoms with Gasteiger partial charge in [-0.1, -0.05) is 12.1 Å². The molecule has 0 radical (unpaired) electrons. The molecule has 156 valence electrons. The average molecular weight is 410 g/mol. The van der Waals surface area contributed by atoms with Crippen LogP contribution < -0.4 is 15.4 Å². The SMILES string of the molecule is COc1ccc(C2CC(O)C(O)C2NC(=O)Nc2ccc(C(F)(F)F)cc2)cc1. The summed E-state index contributed by atoms with van der Waals surface area (Å²) >= 11 is 0. The second-order valence-electron chi connectivity index (χ2n) is 6.87. The van der Waals surface area contributed by atoms with Gasteiger partial charge in [-0.2, -0.15) is 13.2 Å². The van der Waals surface area contributed by atoms with E-state index in [1.54, 1.807) is 24.3 Å². The van der Waals surface area contributed by atoms with Gasteiger partial charge in [0.25, 0.3) is 0 Å². The number of carbonyl (C=O) groups is 1. The van der Waals surface area contributed by atoms with E-state index in [0.717, 1.165) is 29.8 Å². The molecule has 6 nitrogen and oxygen atoms in total. The van der Waals surface area contributed by atoms with Gasteiger partial charge >= 0.3 is 12.2 Å². The van der Waals surface area contributed by atoms with Gasteiger partial charge in [-0.3, -0.25) is 0 Å². The summed E-state index contributed by atoms with van der Waals surface area (Å²) in [5, 5.41) is 25.4. The van der Waals surface area contributed by atoms with Crippen LogP contribution in [0.3, 0.4) is 0 Å². The van der Waals surface area contributed by atoms with Crippen molar-refractivity contribution in [3.63, 3.8) is 0 Å². The highest BCUT2D eigenvalue weighted by Gasteiger charge is 2.43. The summed E-state index contributed by atoms with van der Waals surface area (Å²) < 4.78 is 43.0. The second kappa shape index (κ2) is 8.30. The van der Waals surface area contributed by atoms with E-state index in [2.05, 4.69) is 10.6 Å². The number of anilines is 1. The minimum absolute atomic E-state index is 0.171. The van der Waals surface area contributed by atoms with Crippen LogP contribution in [0.2, 0.25) is 0 Å². The maximum Gasteiger partial charge on any atom is 0.416 e. The molecule has 2 aromatic rings. The van der Waals surface area contributed by atoms with Gasteiger partial charge in [0.2, 0.25) is 0 Å². The topological polar surface area (TPSA) is 90.8 Å². The standard InChI is InChI=1S/C20H21F3N2O4/c1-29-14-8-2-11(3-9-14)15-10-16(26)18(27)17(15)25-19(28)24-13-6-4-12(5-7-13)20(21,22)23/h2-9,15-18,26-27H,10H2,1H3,(H2,24,25,28). The number of amides is 2. The fourth-order valence-corrected chi connectivity index (χ4v) is 3.47. The zero-order chi connectivity index (χ0) is 21.2. The minimum atomic E-state index is -4.46. The average Bonchev–Trinajstić information content (AvgIpc) is 2.96. The predicted molar refractivity (Wildman–Crippen MR) is 99.8 cm³/mol. The van der Waals surface area contributed by atoms with E-state index in [1.165, 1.54) is 7.11 Å². The van der Waals surface area contributed by atoms with E-state index in [1.807, 2.05) is 0 Å². The molecule has 2 amide bonds. The molecule has 1 aliphatic carbocycles. The molecule has 4 atom stereocenters. The molecule has 1 saturated carbocycles. The highest BCUT2D eigenvalue weighted by atomic mass is 19.4. The number of hydrogen-bond donors (Lipinski definition) is 4. The van der Waals surface area contributed by atoms with Crippen molar-refractivity contribution in [2.24, 2.45) is 0 Å². The molecule has 4 unspecified atom stereocenters. The molecule has 3 rings (SSSR count).